The van der Waals surface area contributed by atoms with Gasteiger partial charge in [-0.1, -0.05) is 0 Å². The molecule has 11 heavy (non-hydrogen) atoms. The van der Waals surface area contributed by atoms with E-state index in [1.165, 1.54) is 0 Å². The minimum absolute atomic E-state index is 0.0441. The van der Waals surface area contributed by atoms with Crippen LogP contribution in [-0.2, 0) is 4.79 Å². The van der Waals surface area contributed by atoms with Gasteiger partial charge in [0.15, 0.2) is 0 Å². The molecule has 3 nitrogen and oxygen atoms in total. The lowest BCUT2D eigenvalue weighted by molar-refractivity contribution is -0.125. The summed E-state index contributed by atoms with van der Waals surface area (Å²) >= 11 is 0. The van der Waals surface area contributed by atoms with Crippen LogP contribution in [0.3, 0.4) is 0 Å². The second-order valence-corrected chi connectivity index (χ2v) is 3.30. The Balaban J connectivity index is 3.83. The Kier molecular flexibility index (Phi) is 4.11. The van der Waals surface area contributed by atoms with Crippen molar-refractivity contribution in [1.82, 2.24) is 10.2 Å². The van der Waals surface area contributed by atoms with E-state index >= 15 is 0 Å². The minimum Gasteiger partial charge on any atom is -0.353 e. The van der Waals surface area contributed by atoms with Crippen LogP contribution in [0.1, 0.15) is 20.8 Å². The van der Waals surface area contributed by atoms with Gasteiger partial charge in [-0.25, -0.2) is 0 Å². The van der Waals surface area contributed by atoms with E-state index in [2.05, 4.69) is 5.32 Å². The number of likely N-dealkylation sites (N-methyl/N-ethyl adjacent to an activating group) is 1. The fraction of sp³-hybridized carbons (Fsp3) is 0.875. The Morgan fingerprint density at radius 2 is 1.73 bits per heavy atom. The van der Waals surface area contributed by atoms with Gasteiger partial charge in [0, 0.05) is 6.04 Å². The largest absolute Gasteiger partial charge is 0.353 e. The summed E-state index contributed by atoms with van der Waals surface area (Å²) in [6, 6.07) is 0.183. The van der Waals surface area contributed by atoms with Crippen molar-refractivity contribution >= 4 is 5.91 Å². The molecule has 0 heterocycles. The first-order valence-electron chi connectivity index (χ1n) is 3.92. The predicted molar refractivity (Wildman–Crippen MR) is 46.4 cm³/mol. The third kappa shape index (κ3) is 3.98. The molecule has 1 N–H and O–H groups in total. The van der Waals surface area contributed by atoms with Crippen molar-refractivity contribution in [3.63, 3.8) is 0 Å². The number of nitrogens with one attached hydrogen (secondary N) is 1. The highest BCUT2D eigenvalue weighted by molar-refractivity contribution is 5.81. The number of hydrogen-bond acceptors (Lipinski definition) is 2. The number of nitrogens with zero attached hydrogens (tertiary/aromatic N) is 1. The molecule has 0 aliphatic rings. The third-order valence-electron chi connectivity index (χ3n) is 1.58. The zero-order valence-corrected chi connectivity index (χ0v) is 8.01. The molecule has 0 aliphatic carbocycles. The lowest BCUT2D eigenvalue weighted by atomic mass is 10.2. The fourth-order valence-electron chi connectivity index (χ4n) is 0.640. The monoisotopic (exact) mass is 158 g/mol. The number of amides is 1. The molecule has 0 bridgehead atoms. The summed E-state index contributed by atoms with van der Waals surface area (Å²) < 4.78 is 0. The molecule has 1 unspecified atom stereocenters. The molecule has 0 aliphatic heterocycles. The standard InChI is InChI=1S/C8H18N2O/c1-6(2)9-8(11)7(3)10(4)5/h6-7H,1-5H3,(H,9,11). The topological polar surface area (TPSA) is 32.3 Å². The summed E-state index contributed by atoms with van der Waals surface area (Å²) in [6.07, 6.45) is 0. The van der Waals surface area contributed by atoms with E-state index in [-0.39, 0.29) is 18.0 Å². The van der Waals surface area contributed by atoms with Crippen molar-refractivity contribution in [2.45, 2.75) is 32.9 Å². The van der Waals surface area contributed by atoms with Crippen LogP contribution in [0.15, 0.2) is 0 Å². The van der Waals surface area contributed by atoms with Crippen LogP contribution in [0.2, 0.25) is 0 Å². The lowest BCUT2D eigenvalue weighted by Gasteiger charge is -2.20. The van der Waals surface area contributed by atoms with E-state index in [9.17, 15) is 4.79 Å². The van der Waals surface area contributed by atoms with Crippen molar-refractivity contribution in [2.75, 3.05) is 14.1 Å². The predicted octanol–water partition coefficient (Wildman–Crippen LogP) is 0.461. The summed E-state index contributed by atoms with van der Waals surface area (Å²) in [5.41, 5.74) is 0. The first-order valence-corrected chi connectivity index (χ1v) is 3.92. The molecule has 1 amide bonds. The molecule has 66 valence electrons. The Morgan fingerprint density at radius 1 is 1.27 bits per heavy atom. The van der Waals surface area contributed by atoms with Crippen molar-refractivity contribution in [3.8, 4) is 0 Å². The van der Waals surface area contributed by atoms with Crippen LogP contribution in [0.4, 0.5) is 0 Å². The Hall–Kier alpha value is -0.570. The second-order valence-electron chi connectivity index (χ2n) is 3.30. The highest BCUT2D eigenvalue weighted by Gasteiger charge is 2.14. The fourth-order valence-corrected chi connectivity index (χ4v) is 0.640. The number of rotatable bonds is 3. The van der Waals surface area contributed by atoms with E-state index < -0.39 is 0 Å². The van der Waals surface area contributed by atoms with Crippen molar-refractivity contribution in [1.29, 1.82) is 0 Å². The highest BCUT2D eigenvalue weighted by atomic mass is 16.2. The summed E-state index contributed by atoms with van der Waals surface area (Å²) in [5.74, 6) is 0.0880. The second kappa shape index (κ2) is 4.34. The molecule has 0 fully saturated rings. The van der Waals surface area contributed by atoms with Gasteiger partial charge in [-0.15, -0.1) is 0 Å². The van der Waals surface area contributed by atoms with E-state index in [0.717, 1.165) is 0 Å². The van der Waals surface area contributed by atoms with Gasteiger partial charge < -0.3 is 5.32 Å². The zero-order valence-electron chi connectivity index (χ0n) is 8.01. The van der Waals surface area contributed by atoms with Gasteiger partial charge in [0.1, 0.15) is 0 Å². The summed E-state index contributed by atoms with van der Waals surface area (Å²) in [6.45, 7) is 5.80. The maximum Gasteiger partial charge on any atom is 0.237 e. The van der Waals surface area contributed by atoms with Gasteiger partial charge in [-0.3, -0.25) is 9.69 Å². The molecule has 0 spiro atoms. The van der Waals surface area contributed by atoms with Gasteiger partial charge in [0.25, 0.3) is 0 Å². The van der Waals surface area contributed by atoms with Crippen LogP contribution < -0.4 is 5.32 Å². The van der Waals surface area contributed by atoms with Gasteiger partial charge in [0.05, 0.1) is 6.04 Å². The van der Waals surface area contributed by atoms with Crippen molar-refractivity contribution in [3.05, 3.63) is 0 Å². The average Bonchev–Trinajstić information content (AvgIpc) is 1.84. The maximum absolute atomic E-state index is 11.2. The van der Waals surface area contributed by atoms with E-state index in [1.807, 2.05) is 39.8 Å². The number of hydrogen-bond donors (Lipinski definition) is 1. The molecule has 3 heteroatoms. The van der Waals surface area contributed by atoms with E-state index in [1.54, 1.807) is 0 Å². The summed E-state index contributed by atoms with van der Waals surface area (Å²) in [5, 5.41) is 2.84. The van der Waals surface area contributed by atoms with Crippen molar-refractivity contribution < 1.29 is 4.79 Å². The van der Waals surface area contributed by atoms with Crippen LogP contribution in [0, 0.1) is 0 Å². The molecule has 0 rings (SSSR count). The van der Waals surface area contributed by atoms with Crippen LogP contribution in [-0.4, -0.2) is 37.0 Å². The van der Waals surface area contributed by atoms with E-state index in [0.29, 0.717) is 0 Å². The maximum atomic E-state index is 11.2. The van der Waals surface area contributed by atoms with Gasteiger partial charge in [-0.2, -0.15) is 0 Å². The van der Waals surface area contributed by atoms with Gasteiger partial charge >= 0.3 is 0 Å². The molecule has 0 aromatic heterocycles. The average molecular weight is 158 g/mol. The highest BCUT2D eigenvalue weighted by Crippen LogP contribution is 1.91. The molecule has 0 aromatic carbocycles. The van der Waals surface area contributed by atoms with Crippen molar-refractivity contribution in [2.24, 2.45) is 0 Å². The molecule has 1 atom stereocenters. The first kappa shape index (κ1) is 10.4. The Labute approximate surface area is 68.8 Å². The third-order valence-corrected chi connectivity index (χ3v) is 1.58. The van der Waals surface area contributed by atoms with Gasteiger partial charge in [0.2, 0.25) is 5.91 Å². The normalized spacial score (nSPS) is 13.7. The number of carbonyl (C=O) groups is 1. The van der Waals surface area contributed by atoms with Crippen LogP contribution in [0.5, 0.6) is 0 Å². The summed E-state index contributed by atoms with van der Waals surface area (Å²) in [7, 11) is 3.79. The zero-order chi connectivity index (χ0) is 9.02. The molecule has 0 saturated heterocycles. The Bertz CT molecular complexity index is 132. The minimum atomic E-state index is -0.0441. The van der Waals surface area contributed by atoms with E-state index in [4.69, 9.17) is 0 Å². The quantitative estimate of drug-likeness (QED) is 0.647. The smallest absolute Gasteiger partial charge is 0.237 e. The molecule has 0 aromatic rings. The van der Waals surface area contributed by atoms with Crippen LogP contribution >= 0.6 is 0 Å². The number of carbonyl (C=O) groups excluding carboxylic acids is 1. The molecular formula is C8H18N2O. The lowest BCUT2D eigenvalue weighted by Crippen LogP contribution is -2.43. The first-order chi connectivity index (χ1) is 4.95. The molecule has 0 saturated carbocycles. The Morgan fingerprint density at radius 3 is 2.00 bits per heavy atom. The SMILES string of the molecule is CC(C)NC(=O)C(C)N(C)C. The van der Waals surface area contributed by atoms with Crippen LogP contribution in [0.25, 0.3) is 0 Å². The molecular weight excluding hydrogens is 140 g/mol. The molecule has 0 radical (unpaired) electrons. The summed E-state index contributed by atoms with van der Waals surface area (Å²) in [4.78, 5) is 13.1. The van der Waals surface area contributed by atoms with Gasteiger partial charge in [-0.05, 0) is 34.9 Å².